The van der Waals surface area contributed by atoms with Crippen LogP contribution in [0.1, 0.15) is 72.5 Å². The predicted molar refractivity (Wildman–Crippen MR) is 130 cm³/mol. The van der Waals surface area contributed by atoms with Gasteiger partial charge in [-0.05, 0) is 80.3 Å². The second-order valence-electron chi connectivity index (χ2n) is 9.78. The molecule has 2 N–H and O–H groups in total. The van der Waals surface area contributed by atoms with Crippen molar-refractivity contribution in [3.05, 3.63) is 39.8 Å². The van der Waals surface area contributed by atoms with Gasteiger partial charge in [0, 0.05) is 19.0 Å². The standard InChI is InChI=1S/C25H33N3O4S/c1-16-4-6-19(7-5-16)22-26-24(31)25(27-22)9-11-28(12-10-25)33(32)13-8-21-17(2)14-20(23(29)30)15-18(21)3/h8,13-16,19H,4-7,9-12H2,1-3H3,(H,29,30)(H,26,27,31)/b13-8+. The van der Waals surface area contributed by atoms with Gasteiger partial charge in [0.2, 0.25) is 0 Å². The van der Waals surface area contributed by atoms with Crippen molar-refractivity contribution in [2.45, 2.75) is 64.8 Å². The molecule has 1 aromatic rings. The van der Waals surface area contributed by atoms with Crippen LogP contribution in [0.5, 0.6) is 0 Å². The van der Waals surface area contributed by atoms with Gasteiger partial charge in [-0.2, -0.15) is 0 Å². The van der Waals surface area contributed by atoms with E-state index in [2.05, 4.69) is 12.2 Å². The third-order valence-electron chi connectivity index (χ3n) is 7.40. The number of amidine groups is 1. The molecular weight excluding hydrogens is 438 g/mol. The summed E-state index contributed by atoms with van der Waals surface area (Å²) in [5.41, 5.74) is 2.10. The Bertz CT molecular complexity index is 966. The number of aromatic carboxylic acids is 1. The molecule has 2 aliphatic heterocycles. The Morgan fingerprint density at radius 2 is 1.82 bits per heavy atom. The molecule has 1 amide bonds. The van der Waals surface area contributed by atoms with E-state index in [1.54, 1.807) is 23.6 Å². The molecule has 4 rings (SSSR count). The fraction of sp³-hybridized carbons (Fsp3) is 0.560. The highest BCUT2D eigenvalue weighted by atomic mass is 32.2. The van der Waals surface area contributed by atoms with E-state index in [1.807, 2.05) is 18.2 Å². The third kappa shape index (κ3) is 5.03. The second-order valence-corrected chi connectivity index (χ2v) is 11.1. The van der Waals surface area contributed by atoms with Crippen molar-refractivity contribution in [3.8, 4) is 0 Å². The van der Waals surface area contributed by atoms with Crippen LogP contribution in [0.15, 0.2) is 22.5 Å². The zero-order valence-corrected chi connectivity index (χ0v) is 20.4. The van der Waals surface area contributed by atoms with E-state index < -0.39 is 22.9 Å². The Balaban J connectivity index is 1.39. The molecule has 1 atom stereocenters. The summed E-state index contributed by atoms with van der Waals surface area (Å²) in [5.74, 6) is 1.03. The van der Waals surface area contributed by atoms with Crippen molar-refractivity contribution < 1.29 is 19.2 Å². The molecule has 2 heterocycles. The average molecular weight is 472 g/mol. The van der Waals surface area contributed by atoms with Gasteiger partial charge in [-0.1, -0.05) is 19.8 Å². The number of nitrogens with zero attached hydrogens (tertiary/aromatic N) is 2. The lowest BCUT2D eigenvalue weighted by molar-refractivity contribution is -0.124. The average Bonchev–Trinajstić information content (AvgIpc) is 3.09. The first-order valence-electron chi connectivity index (χ1n) is 11.8. The maximum absolute atomic E-state index is 12.9. The van der Waals surface area contributed by atoms with E-state index >= 15 is 0 Å². The lowest BCUT2D eigenvalue weighted by Gasteiger charge is -2.34. The minimum atomic E-state index is -1.33. The number of carboxylic acids is 1. The third-order valence-corrected chi connectivity index (χ3v) is 8.64. The summed E-state index contributed by atoms with van der Waals surface area (Å²) in [5, 5.41) is 13.9. The molecule has 0 radical (unpaired) electrons. The molecule has 8 heteroatoms. The quantitative estimate of drug-likeness (QED) is 0.635. The van der Waals surface area contributed by atoms with E-state index in [1.165, 1.54) is 12.8 Å². The summed E-state index contributed by atoms with van der Waals surface area (Å²) < 4.78 is 14.8. The van der Waals surface area contributed by atoms with E-state index in [9.17, 15) is 19.2 Å². The highest BCUT2D eigenvalue weighted by Gasteiger charge is 2.48. The first kappa shape index (κ1) is 24.0. The van der Waals surface area contributed by atoms with Gasteiger partial charge in [-0.25, -0.2) is 4.79 Å². The van der Waals surface area contributed by atoms with Crippen LogP contribution in [0.4, 0.5) is 0 Å². The number of hydrogen-bond acceptors (Lipinski definition) is 5. The Labute approximate surface area is 198 Å². The molecule has 1 saturated heterocycles. The van der Waals surface area contributed by atoms with Crippen molar-refractivity contribution >= 4 is 35.2 Å². The molecule has 2 fully saturated rings. The van der Waals surface area contributed by atoms with E-state index in [0.717, 1.165) is 41.3 Å². The Morgan fingerprint density at radius 3 is 2.39 bits per heavy atom. The van der Waals surface area contributed by atoms with Crippen LogP contribution in [0.2, 0.25) is 0 Å². The zero-order valence-electron chi connectivity index (χ0n) is 19.6. The monoisotopic (exact) mass is 471 g/mol. The summed E-state index contributed by atoms with van der Waals surface area (Å²) in [6.45, 7) is 7.07. The van der Waals surface area contributed by atoms with Gasteiger partial charge < -0.3 is 15.0 Å². The molecule has 0 bridgehead atoms. The predicted octanol–water partition coefficient (Wildman–Crippen LogP) is 3.83. The van der Waals surface area contributed by atoms with Crippen LogP contribution < -0.4 is 5.32 Å². The second kappa shape index (κ2) is 9.60. The van der Waals surface area contributed by atoms with Crippen LogP contribution in [0, 0.1) is 25.7 Å². The number of carboxylic acid groups (broad SMARTS) is 1. The molecule has 1 spiro atoms. The molecule has 1 aromatic carbocycles. The van der Waals surface area contributed by atoms with Crippen LogP contribution in [-0.4, -0.2) is 50.3 Å². The number of hydrogen-bond donors (Lipinski definition) is 2. The molecule has 0 aromatic heterocycles. The highest BCUT2D eigenvalue weighted by molar-refractivity contribution is 7.92. The van der Waals surface area contributed by atoms with Crippen LogP contribution in [0.25, 0.3) is 6.08 Å². The summed E-state index contributed by atoms with van der Waals surface area (Å²) in [4.78, 5) is 29.0. The van der Waals surface area contributed by atoms with Crippen molar-refractivity contribution in [2.24, 2.45) is 16.8 Å². The van der Waals surface area contributed by atoms with Gasteiger partial charge in [-0.15, -0.1) is 4.31 Å². The SMILES string of the molecule is Cc1cc(C(=O)O)cc(C)c1/C=C/[S+]([O-])N1CCC2(CC1)N=C(C1CCC(C)CC1)NC2=O. The van der Waals surface area contributed by atoms with Crippen LogP contribution >= 0.6 is 0 Å². The summed E-state index contributed by atoms with van der Waals surface area (Å²) >= 11 is -1.33. The Morgan fingerprint density at radius 1 is 1.21 bits per heavy atom. The van der Waals surface area contributed by atoms with E-state index in [-0.39, 0.29) is 11.5 Å². The molecule has 1 aliphatic carbocycles. The maximum Gasteiger partial charge on any atom is 0.335 e. The van der Waals surface area contributed by atoms with Crippen molar-refractivity contribution in [2.75, 3.05) is 13.1 Å². The van der Waals surface area contributed by atoms with Gasteiger partial charge in [0.25, 0.3) is 5.91 Å². The maximum atomic E-state index is 12.9. The van der Waals surface area contributed by atoms with E-state index in [0.29, 0.717) is 31.8 Å². The number of rotatable bonds is 5. The molecule has 3 aliphatic rings. The van der Waals surface area contributed by atoms with Gasteiger partial charge >= 0.3 is 5.97 Å². The fourth-order valence-corrected chi connectivity index (χ4v) is 6.18. The molecule has 7 nitrogen and oxygen atoms in total. The van der Waals surface area contributed by atoms with Gasteiger partial charge in [-0.3, -0.25) is 9.79 Å². The number of carbonyl (C=O) groups excluding carboxylic acids is 1. The van der Waals surface area contributed by atoms with Crippen molar-refractivity contribution in [1.82, 2.24) is 9.62 Å². The highest BCUT2D eigenvalue weighted by Crippen LogP contribution is 2.36. The van der Waals surface area contributed by atoms with Crippen LogP contribution in [-0.2, 0) is 16.2 Å². The number of aryl methyl sites for hydroxylation is 2. The summed E-state index contributed by atoms with van der Waals surface area (Å²) in [7, 11) is 0. The zero-order chi connectivity index (χ0) is 23.8. The minimum Gasteiger partial charge on any atom is -0.593 e. The van der Waals surface area contributed by atoms with Gasteiger partial charge in [0.1, 0.15) is 16.8 Å². The first-order valence-corrected chi connectivity index (χ1v) is 12.9. The largest absolute Gasteiger partial charge is 0.593 e. The lowest BCUT2D eigenvalue weighted by Crippen LogP contribution is -2.50. The Hall–Kier alpha value is -2.16. The molecule has 33 heavy (non-hydrogen) atoms. The molecule has 1 saturated carbocycles. The van der Waals surface area contributed by atoms with Crippen LogP contribution in [0.3, 0.4) is 0 Å². The smallest absolute Gasteiger partial charge is 0.335 e. The number of aliphatic imine (C=N–C) groups is 1. The van der Waals surface area contributed by atoms with Crippen molar-refractivity contribution in [1.29, 1.82) is 0 Å². The lowest BCUT2D eigenvalue weighted by atomic mass is 9.82. The summed E-state index contributed by atoms with van der Waals surface area (Å²) in [6.07, 6.45) is 7.48. The van der Waals surface area contributed by atoms with Gasteiger partial charge in [0.05, 0.1) is 16.9 Å². The number of nitrogens with one attached hydrogen (secondary N) is 1. The number of benzene rings is 1. The molecule has 178 valence electrons. The fourth-order valence-electron chi connectivity index (χ4n) is 5.22. The van der Waals surface area contributed by atoms with Gasteiger partial charge in [0.15, 0.2) is 0 Å². The number of amides is 1. The Kier molecular flexibility index (Phi) is 6.98. The molecular formula is C25H33N3O4S. The number of carbonyl (C=O) groups is 2. The minimum absolute atomic E-state index is 0.00173. The number of piperidine rings is 1. The first-order chi connectivity index (χ1) is 15.7. The van der Waals surface area contributed by atoms with Crippen molar-refractivity contribution in [3.63, 3.8) is 0 Å². The molecule has 1 unspecified atom stereocenters. The topological polar surface area (TPSA) is 105 Å². The normalized spacial score (nSPS) is 26.4. The summed E-state index contributed by atoms with van der Waals surface area (Å²) in [6, 6.07) is 3.26. The van der Waals surface area contributed by atoms with E-state index in [4.69, 9.17) is 4.99 Å².